The molecule has 136 valence electrons. The Bertz CT molecular complexity index is 800. The van der Waals surface area contributed by atoms with Crippen LogP contribution in [0.2, 0.25) is 5.02 Å². The maximum atomic E-state index is 13.2. The van der Waals surface area contributed by atoms with Crippen molar-refractivity contribution in [2.24, 2.45) is 4.99 Å². The number of anilines is 1. The predicted octanol–water partition coefficient (Wildman–Crippen LogP) is 5.63. The van der Waals surface area contributed by atoms with Gasteiger partial charge in [0, 0.05) is 10.7 Å². The third kappa shape index (κ3) is 4.59. The Labute approximate surface area is 163 Å². The van der Waals surface area contributed by atoms with Crippen molar-refractivity contribution in [2.75, 3.05) is 10.8 Å². The van der Waals surface area contributed by atoms with Gasteiger partial charge < -0.3 is 0 Å². The molecule has 1 saturated heterocycles. The molecule has 0 aliphatic carbocycles. The summed E-state index contributed by atoms with van der Waals surface area (Å²) in [7, 11) is 0. The Morgan fingerprint density at radius 2 is 1.73 bits per heavy atom. The lowest BCUT2D eigenvalue weighted by Gasteiger charge is -2.36. The van der Waals surface area contributed by atoms with Crippen LogP contribution in [0.15, 0.2) is 59.6 Å². The summed E-state index contributed by atoms with van der Waals surface area (Å²) in [6.07, 6.45) is 0. The zero-order valence-corrected chi connectivity index (χ0v) is 16.7. The molecule has 0 aromatic heterocycles. The van der Waals surface area contributed by atoms with Crippen LogP contribution in [0.1, 0.15) is 26.3 Å². The summed E-state index contributed by atoms with van der Waals surface area (Å²) in [4.78, 5) is 21.5. The second-order valence-electron chi connectivity index (χ2n) is 7.10. The number of thioether (sulfide) groups is 1. The second-order valence-corrected chi connectivity index (χ2v) is 8.45. The van der Waals surface area contributed by atoms with Crippen molar-refractivity contribution in [3.8, 4) is 0 Å². The number of aliphatic imine (C=N–C) groups is 1. The minimum atomic E-state index is -0.250. The van der Waals surface area contributed by atoms with Gasteiger partial charge in [-0.2, -0.15) is 0 Å². The van der Waals surface area contributed by atoms with Gasteiger partial charge in [0.2, 0.25) is 0 Å². The van der Waals surface area contributed by atoms with E-state index in [1.807, 2.05) is 63.2 Å². The van der Waals surface area contributed by atoms with Gasteiger partial charge in [0.1, 0.15) is 0 Å². The Kier molecular flexibility index (Phi) is 5.58. The van der Waals surface area contributed by atoms with Gasteiger partial charge in [0.15, 0.2) is 5.17 Å². The highest BCUT2D eigenvalue weighted by atomic mass is 35.5. The van der Waals surface area contributed by atoms with Crippen LogP contribution in [-0.4, -0.2) is 27.5 Å². The normalized spacial score (nSPS) is 17.1. The van der Waals surface area contributed by atoms with Crippen LogP contribution in [-0.2, 0) is 6.54 Å². The first-order chi connectivity index (χ1) is 12.3. The van der Waals surface area contributed by atoms with Gasteiger partial charge in [0.25, 0.3) is 0 Å². The second kappa shape index (κ2) is 7.72. The monoisotopic (exact) mass is 387 g/mol. The van der Waals surface area contributed by atoms with Crippen molar-refractivity contribution in [3.63, 3.8) is 0 Å². The average Bonchev–Trinajstić information content (AvgIpc) is 2.59. The van der Waals surface area contributed by atoms with E-state index in [2.05, 4.69) is 0 Å². The Hall–Kier alpha value is -1.98. The van der Waals surface area contributed by atoms with E-state index in [9.17, 15) is 4.79 Å². The maximum absolute atomic E-state index is 13.2. The lowest BCUT2D eigenvalue weighted by molar-refractivity contribution is 0.226. The van der Waals surface area contributed by atoms with Gasteiger partial charge in [-0.1, -0.05) is 53.7 Å². The molecule has 0 atom stereocenters. The van der Waals surface area contributed by atoms with E-state index in [-0.39, 0.29) is 11.6 Å². The molecule has 0 radical (unpaired) electrons. The molecule has 4 nitrogen and oxygen atoms in total. The van der Waals surface area contributed by atoms with Gasteiger partial charge in [-0.3, -0.25) is 14.8 Å². The summed E-state index contributed by atoms with van der Waals surface area (Å²) in [5.41, 5.74) is 1.65. The number of benzene rings is 2. The van der Waals surface area contributed by atoms with Crippen molar-refractivity contribution in [3.05, 3.63) is 65.2 Å². The molecule has 0 bridgehead atoms. The third-order valence-electron chi connectivity index (χ3n) is 3.77. The quantitative estimate of drug-likeness (QED) is 0.684. The highest BCUT2D eigenvalue weighted by Gasteiger charge is 2.33. The molecule has 3 rings (SSSR count). The lowest BCUT2D eigenvalue weighted by Crippen LogP contribution is -2.50. The highest BCUT2D eigenvalue weighted by Crippen LogP contribution is 2.29. The van der Waals surface area contributed by atoms with Gasteiger partial charge in [-0.25, -0.2) is 4.79 Å². The van der Waals surface area contributed by atoms with Crippen LogP contribution in [0.5, 0.6) is 0 Å². The maximum Gasteiger partial charge on any atom is 0.331 e. The molecule has 2 amide bonds. The van der Waals surface area contributed by atoms with Gasteiger partial charge in [-0.05, 0) is 50.6 Å². The number of rotatable bonds is 3. The molecule has 1 aliphatic rings. The number of halogens is 1. The fourth-order valence-corrected chi connectivity index (χ4v) is 3.84. The number of hydrogen-bond donors (Lipinski definition) is 0. The minimum absolute atomic E-state index is 0.0714. The number of hydrogen-bond acceptors (Lipinski definition) is 3. The zero-order valence-electron chi connectivity index (χ0n) is 15.1. The smallest absolute Gasteiger partial charge is 0.284 e. The summed E-state index contributed by atoms with van der Waals surface area (Å²) in [6, 6.07) is 17.2. The van der Waals surface area contributed by atoms with Crippen molar-refractivity contribution in [2.45, 2.75) is 32.9 Å². The van der Waals surface area contributed by atoms with Crippen molar-refractivity contribution >= 4 is 40.2 Å². The molecule has 1 aliphatic heterocycles. The van der Waals surface area contributed by atoms with Crippen LogP contribution in [0.25, 0.3) is 0 Å². The molecular formula is C20H22ClN3OS. The Balaban J connectivity index is 1.92. The Morgan fingerprint density at radius 3 is 2.35 bits per heavy atom. The summed E-state index contributed by atoms with van der Waals surface area (Å²) in [5.74, 6) is 0.528. The highest BCUT2D eigenvalue weighted by molar-refractivity contribution is 8.14. The fraction of sp³-hybridized carbons (Fsp3) is 0.300. The van der Waals surface area contributed by atoms with E-state index in [4.69, 9.17) is 16.6 Å². The minimum Gasteiger partial charge on any atom is -0.284 e. The van der Waals surface area contributed by atoms with Gasteiger partial charge >= 0.3 is 6.03 Å². The third-order valence-corrected chi connectivity index (χ3v) is 4.98. The summed E-state index contributed by atoms with van der Waals surface area (Å²) < 4.78 is 0. The van der Waals surface area contributed by atoms with Gasteiger partial charge in [0.05, 0.1) is 18.0 Å². The lowest BCUT2D eigenvalue weighted by atomic mass is 10.1. The number of amides is 2. The summed E-state index contributed by atoms with van der Waals surface area (Å²) in [6.45, 7) is 6.61. The topological polar surface area (TPSA) is 35.9 Å². The first-order valence-electron chi connectivity index (χ1n) is 8.45. The number of urea groups is 1. The molecule has 0 spiro atoms. The average molecular weight is 388 g/mol. The molecule has 6 heteroatoms. The van der Waals surface area contributed by atoms with E-state index in [0.29, 0.717) is 17.4 Å². The van der Waals surface area contributed by atoms with E-state index >= 15 is 0 Å². The standard InChI is InChI=1S/C20H22ClN3OS/c1-20(2,3)22-18-23(13-15-7-5-4-6-8-15)19(25)24(14-26-18)17-11-9-16(21)10-12-17/h4-12H,13-14H2,1-3H3/b22-18-. The van der Waals surface area contributed by atoms with Gasteiger partial charge in [-0.15, -0.1) is 0 Å². The fourth-order valence-electron chi connectivity index (χ4n) is 2.57. The number of carbonyl (C=O) groups excluding carboxylic acids is 1. The van der Waals surface area contributed by atoms with Crippen LogP contribution < -0.4 is 4.90 Å². The number of carbonyl (C=O) groups is 1. The first-order valence-corrected chi connectivity index (χ1v) is 9.81. The molecule has 2 aromatic rings. The van der Waals surface area contributed by atoms with E-state index in [0.717, 1.165) is 16.4 Å². The number of nitrogens with zero attached hydrogens (tertiary/aromatic N) is 3. The van der Waals surface area contributed by atoms with Crippen molar-refractivity contribution < 1.29 is 4.79 Å². The van der Waals surface area contributed by atoms with Crippen molar-refractivity contribution in [1.29, 1.82) is 0 Å². The van der Waals surface area contributed by atoms with E-state index < -0.39 is 0 Å². The van der Waals surface area contributed by atoms with E-state index in [1.54, 1.807) is 33.7 Å². The summed E-state index contributed by atoms with van der Waals surface area (Å²) >= 11 is 7.56. The van der Waals surface area contributed by atoms with Crippen LogP contribution in [0, 0.1) is 0 Å². The van der Waals surface area contributed by atoms with Crippen LogP contribution in [0.4, 0.5) is 10.5 Å². The molecule has 0 N–H and O–H groups in total. The predicted molar refractivity (Wildman–Crippen MR) is 111 cm³/mol. The Morgan fingerprint density at radius 1 is 1.08 bits per heavy atom. The van der Waals surface area contributed by atoms with Crippen molar-refractivity contribution in [1.82, 2.24) is 4.90 Å². The molecular weight excluding hydrogens is 366 g/mol. The first kappa shape index (κ1) is 18.8. The molecule has 0 saturated carbocycles. The van der Waals surface area contributed by atoms with Crippen LogP contribution in [0.3, 0.4) is 0 Å². The number of amidine groups is 1. The van der Waals surface area contributed by atoms with E-state index in [1.165, 1.54) is 0 Å². The van der Waals surface area contributed by atoms with Crippen LogP contribution >= 0.6 is 23.4 Å². The largest absolute Gasteiger partial charge is 0.331 e. The summed E-state index contributed by atoms with van der Waals surface area (Å²) in [5, 5.41) is 1.42. The molecule has 0 unspecified atom stereocenters. The molecule has 2 aromatic carbocycles. The molecule has 1 fully saturated rings. The molecule has 26 heavy (non-hydrogen) atoms. The molecule has 1 heterocycles. The zero-order chi connectivity index (χ0) is 18.7. The SMILES string of the molecule is CC(C)(C)/N=C1\SCN(c2ccc(Cl)cc2)C(=O)N1Cc1ccccc1.